The van der Waals surface area contributed by atoms with Crippen LogP contribution in [0.4, 0.5) is 0 Å². The topological polar surface area (TPSA) is 53.1 Å². The van der Waals surface area contributed by atoms with Gasteiger partial charge < -0.3 is 10.1 Å². The molecule has 82 valence electrons. The first-order chi connectivity index (χ1) is 7.16. The summed E-state index contributed by atoms with van der Waals surface area (Å²) in [5, 5.41) is 8.83. The molecule has 1 aromatic heterocycles. The zero-order valence-electron chi connectivity index (χ0n) is 9.05. The van der Waals surface area contributed by atoms with Gasteiger partial charge in [0.1, 0.15) is 0 Å². The van der Waals surface area contributed by atoms with Crippen LogP contribution in [0.5, 0.6) is 0 Å². The Morgan fingerprint density at radius 2 is 2.27 bits per heavy atom. The van der Waals surface area contributed by atoms with Gasteiger partial charge in [0.2, 0.25) is 0 Å². The quantitative estimate of drug-likeness (QED) is 0.798. The molecule has 1 unspecified atom stereocenters. The fraction of sp³-hybridized carbons (Fsp3) is 0.583. The van der Waals surface area contributed by atoms with Crippen LogP contribution in [0.3, 0.4) is 0 Å². The van der Waals surface area contributed by atoms with Gasteiger partial charge in [-0.15, -0.1) is 0 Å². The van der Waals surface area contributed by atoms with Crippen molar-refractivity contribution >= 4 is 5.97 Å². The number of carbonyl (C=O) groups is 1. The maximum atomic E-state index is 10.7. The van der Waals surface area contributed by atoms with Gasteiger partial charge in [-0.25, -0.2) is 0 Å². The summed E-state index contributed by atoms with van der Waals surface area (Å²) in [7, 11) is 0. The minimum absolute atomic E-state index is 0.301. The lowest BCUT2D eigenvalue weighted by Gasteiger charge is -2.09. The highest BCUT2D eigenvalue weighted by molar-refractivity contribution is 5.69. The lowest BCUT2D eigenvalue weighted by atomic mass is 9.98. The average molecular weight is 207 g/mol. The third-order valence-corrected chi connectivity index (χ3v) is 3.12. The molecule has 3 nitrogen and oxygen atoms in total. The second-order valence-corrected chi connectivity index (χ2v) is 4.45. The zero-order chi connectivity index (χ0) is 10.8. The summed E-state index contributed by atoms with van der Waals surface area (Å²) in [4.78, 5) is 14.1. The number of hydrogen-bond acceptors (Lipinski definition) is 1. The van der Waals surface area contributed by atoms with E-state index in [9.17, 15) is 4.79 Å². The number of aliphatic carboxylic acids is 1. The molecule has 0 fully saturated rings. The summed E-state index contributed by atoms with van der Waals surface area (Å²) in [5.41, 5.74) is 3.81. The summed E-state index contributed by atoms with van der Waals surface area (Å²) in [5.74, 6) is -1.02. The minimum atomic E-state index is -0.720. The Morgan fingerprint density at radius 3 is 2.93 bits per heavy atom. The van der Waals surface area contributed by atoms with Crippen LogP contribution in [0.15, 0.2) is 6.07 Å². The second kappa shape index (κ2) is 4.09. The summed E-state index contributed by atoms with van der Waals surface area (Å²) in [6, 6.07) is 2.15. The number of hydrogen-bond donors (Lipinski definition) is 2. The van der Waals surface area contributed by atoms with E-state index in [4.69, 9.17) is 5.11 Å². The van der Waals surface area contributed by atoms with Crippen molar-refractivity contribution in [3.63, 3.8) is 0 Å². The highest BCUT2D eigenvalue weighted by Gasteiger charge is 2.16. The van der Waals surface area contributed by atoms with Gasteiger partial charge in [-0.1, -0.05) is 6.92 Å². The van der Waals surface area contributed by atoms with Crippen molar-refractivity contribution in [3.05, 3.63) is 23.0 Å². The summed E-state index contributed by atoms with van der Waals surface area (Å²) in [6.07, 6.45) is 5.40. The van der Waals surface area contributed by atoms with Gasteiger partial charge in [0.25, 0.3) is 0 Å². The molecule has 0 aliphatic heterocycles. The normalized spacial score (nSPS) is 17.1. The number of aromatic nitrogens is 1. The Labute approximate surface area is 89.5 Å². The molecule has 2 N–H and O–H groups in total. The molecule has 0 bridgehead atoms. The SMILES string of the molecule is CC(Cc1cc2c([nH]1)CCCC2)C(=O)O. The standard InChI is InChI=1S/C12H17NO2/c1-8(12(14)15)6-10-7-9-4-2-3-5-11(9)13-10/h7-8,13H,2-6H2,1H3,(H,14,15). The van der Waals surface area contributed by atoms with Crippen LogP contribution in [0.25, 0.3) is 0 Å². The first-order valence-electron chi connectivity index (χ1n) is 5.59. The van der Waals surface area contributed by atoms with Crippen LogP contribution < -0.4 is 0 Å². The summed E-state index contributed by atoms with van der Waals surface area (Å²) < 4.78 is 0. The van der Waals surface area contributed by atoms with E-state index in [0.29, 0.717) is 6.42 Å². The summed E-state index contributed by atoms with van der Waals surface area (Å²) in [6.45, 7) is 1.75. The maximum Gasteiger partial charge on any atom is 0.306 e. The van der Waals surface area contributed by atoms with Crippen molar-refractivity contribution in [3.8, 4) is 0 Å². The Kier molecular flexibility index (Phi) is 2.80. The van der Waals surface area contributed by atoms with E-state index in [1.54, 1.807) is 6.92 Å². The van der Waals surface area contributed by atoms with Gasteiger partial charge >= 0.3 is 5.97 Å². The minimum Gasteiger partial charge on any atom is -0.481 e. The number of carboxylic acid groups (broad SMARTS) is 1. The molecule has 0 aromatic carbocycles. The molecule has 0 radical (unpaired) electrons. The predicted molar refractivity (Wildman–Crippen MR) is 57.9 cm³/mol. The van der Waals surface area contributed by atoms with Crippen molar-refractivity contribution in [2.45, 2.75) is 39.0 Å². The zero-order valence-corrected chi connectivity index (χ0v) is 9.05. The Morgan fingerprint density at radius 1 is 1.53 bits per heavy atom. The van der Waals surface area contributed by atoms with E-state index < -0.39 is 5.97 Å². The molecule has 0 amide bonds. The number of aryl methyl sites for hydroxylation is 2. The monoisotopic (exact) mass is 207 g/mol. The number of rotatable bonds is 3. The predicted octanol–water partition coefficient (Wildman–Crippen LogP) is 2.16. The van der Waals surface area contributed by atoms with Crippen molar-refractivity contribution in [1.29, 1.82) is 0 Å². The van der Waals surface area contributed by atoms with E-state index >= 15 is 0 Å². The molecular weight excluding hydrogens is 190 g/mol. The molecule has 1 aromatic rings. The van der Waals surface area contributed by atoms with Crippen LogP contribution in [0.2, 0.25) is 0 Å². The highest BCUT2D eigenvalue weighted by atomic mass is 16.4. The van der Waals surface area contributed by atoms with Gasteiger partial charge in [-0.2, -0.15) is 0 Å². The third-order valence-electron chi connectivity index (χ3n) is 3.12. The van der Waals surface area contributed by atoms with Crippen molar-refractivity contribution in [2.24, 2.45) is 5.92 Å². The molecule has 15 heavy (non-hydrogen) atoms. The molecule has 1 atom stereocenters. The van der Waals surface area contributed by atoms with Crippen molar-refractivity contribution in [1.82, 2.24) is 4.98 Å². The number of nitrogens with one attached hydrogen (secondary N) is 1. The smallest absolute Gasteiger partial charge is 0.306 e. The van der Waals surface area contributed by atoms with E-state index in [1.807, 2.05) is 0 Å². The Bertz CT molecular complexity index is 344. The Hall–Kier alpha value is -1.25. The molecule has 3 heteroatoms. The molecule has 1 aliphatic carbocycles. The maximum absolute atomic E-state index is 10.7. The number of carboxylic acids is 1. The van der Waals surface area contributed by atoms with Crippen molar-refractivity contribution in [2.75, 3.05) is 0 Å². The van der Waals surface area contributed by atoms with Crippen LogP contribution in [-0.4, -0.2) is 16.1 Å². The third kappa shape index (κ3) is 2.22. The number of aromatic amines is 1. The number of H-pyrrole nitrogens is 1. The highest BCUT2D eigenvalue weighted by Crippen LogP contribution is 2.22. The molecule has 1 aliphatic rings. The van der Waals surface area contributed by atoms with E-state index in [0.717, 1.165) is 18.5 Å². The van der Waals surface area contributed by atoms with Gasteiger partial charge in [-0.05, 0) is 37.3 Å². The lowest BCUT2D eigenvalue weighted by molar-refractivity contribution is -0.141. The molecule has 1 heterocycles. The van der Waals surface area contributed by atoms with Gasteiger partial charge in [0, 0.05) is 17.8 Å². The fourth-order valence-electron chi connectivity index (χ4n) is 2.20. The molecule has 0 saturated carbocycles. The van der Waals surface area contributed by atoms with Crippen LogP contribution >= 0.6 is 0 Å². The molecular formula is C12H17NO2. The molecule has 0 saturated heterocycles. The van der Waals surface area contributed by atoms with E-state index in [1.165, 1.54) is 24.1 Å². The van der Waals surface area contributed by atoms with Crippen molar-refractivity contribution < 1.29 is 9.90 Å². The average Bonchev–Trinajstić information content (AvgIpc) is 2.59. The van der Waals surface area contributed by atoms with Crippen LogP contribution in [0.1, 0.15) is 36.7 Å². The molecule has 2 rings (SSSR count). The van der Waals surface area contributed by atoms with E-state index in [-0.39, 0.29) is 5.92 Å². The lowest BCUT2D eigenvalue weighted by Crippen LogP contribution is -2.12. The largest absolute Gasteiger partial charge is 0.481 e. The first-order valence-corrected chi connectivity index (χ1v) is 5.59. The van der Waals surface area contributed by atoms with Gasteiger partial charge in [0.05, 0.1) is 5.92 Å². The Balaban J connectivity index is 2.09. The van der Waals surface area contributed by atoms with Gasteiger partial charge in [-0.3, -0.25) is 4.79 Å². The van der Waals surface area contributed by atoms with E-state index in [2.05, 4.69) is 11.1 Å². The summed E-state index contributed by atoms with van der Waals surface area (Å²) >= 11 is 0. The van der Waals surface area contributed by atoms with Crippen LogP contribution in [-0.2, 0) is 24.1 Å². The first kappa shape index (κ1) is 10.3. The fourth-order valence-corrected chi connectivity index (χ4v) is 2.20. The van der Waals surface area contributed by atoms with Crippen LogP contribution in [0, 0.1) is 5.92 Å². The number of fused-ring (bicyclic) bond motifs is 1. The van der Waals surface area contributed by atoms with Gasteiger partial charge in [0.15, 0.2) is 0 Å². The second-order valence-electron chi connectivity index (χ2n) is 4.45. The molecule has 0 spiro atoms.